The van der Waals surface area contributed by atoms with Crippen LogP contribution in [0.4, 0.5) is 4.39 Å². The van der Waals surface area contributed by atoms with Gasteiger partial charge < -0.3 is 10.1 Å². The van der Waals surface area contributed by atoms with Crippen molar-refractivity contribution in [1.29, 1.82) is 0 Å². The molecule has 0 radical (unpaired) electrons. The molecule has 1 fully saturated rings. The van der Waals surface area contributed by atoms with Gasteiger partial charge >= 0.3 is 0 Å². The SMILES string of the molecule is Cc1nc(-c2ccc(F)cc2)sc1C(=O)NCC1CN(CC(C)C)CCO1. The molecule has 7 heteroatoms. The summed E-state index contributed by atoms with van der Waals surface area (Å²) in [4.78, 5) is 20.0. The van der Waals surface area contributed by atoms with Crippen LogP contribution in [0.25, 0.3) is 10.6 Å². The number of thiazole rings is 1. The van der Waals surface area contributed by atoms with Crippen molar-refractivity contribution in [3.8, 4) is 10.6 Å². The van der Waals surface area contributed by atoms with Gasteiger partial charge in [0.05, 0.1) is 18.4 Å². The van der Waals surface area contributed by atoms with E-state index < -0.39 is 0 Å². The number of carbonyl (C=O) groups excluding carboxylic acids is 1. The molecule has 1 atom stereocenters. The van der Waals surface area contributed by atoms with Crippen molar-refractivity contribution in [1.82, 2.24) is 15.2 Å². The summed E-state index contributed by atoms with van der Waals surface area (Å²) in [7, 11) is 0. The zero-order valence-electron chi connectivity index (χ0n) is 16.0. The molecule has 5 nitrogen and oxygen atoms in total. The predicted octanol–water partition coefficient (Wildman–Crippen LogP) is 3.34. The summed E-state index contributed by atoms with van der Waals surface area (Å²) in [5.41, 5.74) is 1.49. The number of hydrogen-bond acceptors (Lipinski definition) is 5. The fraction of sp³-hybridized carbons (Fsp3) is 0.500. The van der Waals surface area contributed by atoms with E-state index in [0.717, 1.165) is 30.2 Å². The number of ether oxygens (including phenoxy) is 1. The number of nitrogens with one attached hydrogen (secondary N) is 1. The molecule has 1 aliphatic heterocycles. The molecule has 1 aromatic heterocycles. The highest BCUT2D eigenvalue weighted by Gasteiger charge is 2.23. The number of hydrogen-bond donors (Lipinski definition) is 1. The Kier molecular flexibility index (Phi) is 6.57. The Morgan fingerprint density at radius 1 is 1.41 bits per heavy atom. The van der Waals surface area contributed by atoms with E-state index in [1.807, 2.05) is 6.92 Å². The van der Waals surface area contributed by atoms with Gasteiger partial charge in [-0.15, -0.1) is 11.3 Å². The van der Waals surface area contributed by atoms with E-state index in [1.165, 1.54) is 23.5 Å². The number of carbonyl (C=O) groups is 1. The first kappa shape index (κ1) is 19.9. The number of aromatic nitrogens is 1. The van der Waals surface area contributed by atoms with Gasteiger partial charge in [-0.1, -0.05) is 13.8 Å². The quantitative estimate of drug-likeness (QED) is 0.821. The molecule has 1 N–H and O–H groups in total. The predicted molar refractivity (Wildman–Crippen MR) is 106 cm³/mol. The topological polar surface area (TPSA) is 54.5 Å². The van der Waals surface area contributed by atoms with Crippen molar-refractivity contribution in [3.05, 3.63) is 40.7 Å². The summed E-state index contributed by atoms with van der Waals surface area (Å²) in [5.74, 6) is 0.190. The van der Waals surface area contributed by atoms with E-state index in [9.17, 15) is 9.18 Å². The van der Waals surface area contributed by atoms with Crippen molar-refractivity contribution in [2.75, 3.05) is 32.8 Å². The van der Waals surface area contributed by atoms with Crippen LogP contribution >= 0.6 is 11.3 Å². The zero-order valence-corrected chi connectivity index (χ0v) is 16.8. The minimum absolute atomic E-state index is 0.00578. The van der Waals surface area contributed by atoms with Crippen molar-refractivity contribution >= 4 is 17.2 Å². The number of nitrogens with zero attached hydrogens (tertiary/aromatic N) is 2. The lowest BCUT2D eigenvalue weighted by Crippen LogP contribution is -2.48. The van der Waals surface area contributed by atoms with Gasteiger partial charge in [0, 0.05) is 31.7 Å². The lowest BCUT2D eigenvalue weighted by atomic mass is 10.2. The molecule has 0 bridgehead atoms. The maximum Gasteiger partial charge on any atom is 0.263 e. The average molecular weight is 392 g/mol. The van der Waals surface area contributed by atoms with E-state index in [1.54, 1.807) is 12.1 Å². The Bertz CT molecular complexity index is 776. The maximum absolute atomic E-state index is 13.1. The Hall–Kier alpha value is -1.83. The monoisotopic (exact) mass is 391 g/mol. The summed E-state index contributed by atoms with van der Waals surface area (Å²) in [6.07, 6.45) is 0.00578. The zero-order chi connectivity index (χ0) is 19.4. The Morgan fingerprint density at radius 2 is 2.15 bits per heavy atom. The van der Waals surface area contributed by atoms with Crippen LogP contribution in [0.1, 0.15) is 29.2 Å². The third kappa shape index (κ3) is 5.34. The van der Waals surface area contributed by atoms with Gasteiger partial charge in [0.2, 0.25) is 0 Å². The van der Waals surface area contributed by atoms with Crippen LogP contribution in [0.2, 0.25) is 0 Å². The molecule has 0 spiro atoms. The normalized spacial score (nSPS) is 18.0. The van der Waals surface area contributed by atoms with Crippen LogP contribution < -0.4 is 5.32 Å². The van der Waals surface area contributed by atoms with Gasteiger partial charge in [0.1, 0.15) is 15.7 Å². The summed E-state index contributed by atoms with van der Waals surface area (Å²) in [6.45, 7) is 10.2. The maximum atomic E-state index is 13.1. The molecule has 27 heavy (non-hydrogen) atoms. The number of morpholine rings is 1. The number of halogens is 1. The standard InChI is InChI=1S/C20H26FN3O2S/c1-13(2)11-24-8-9-26-17(12-24)10-22-19(25)18-14(3)23-20(27-18)15-4-6-16(21)7-5-15/h4-7,13,17H,8-12H2,1-3H3,(H,22,25). The van der Waals surface area contributed by atoms with Crippen molar-refractivity contribution in [2.45, 2.75) is 26.9 Å². The molecule has 1 amide bonds. The molecule has 0 aliphatic carbocycles. The summed E-state index contributed by atoms with van der Waals surface area (Å²) in [5, 5.41) is 3.69. The molecule has 1 aliphatic rings. The minimum Gasteiger partial charge on any atom is -0.374 e. The number of rotatable bonds is 6. The van der Waals surface area contributed by atoms with Gasteiger partial charge in [0.15, 0.2) is 0 Å². The first-order valence-corrected chi connectivity index (χ1v) is 10.1. The summed E-state index contributed by atoms with van der Waals surface area (Å²) < 4.78 is 18.9. The number of aryl methyl sites for hydroxylation is 1. The van der Waals surface area contributed by atoms with Crippen molar-refractivity contribution in [2.24, 2.45) is 5.92 Å². The molecule has 0 saturated carbocycles. The van der Waals surface area contributed by atoms with Crippen molar-refractivity contribution in [3.63, 3.8) is 0 Å². The van der Waals surface area contributed by atoms with Gasteiger partial charge in [-0.3, -0.25) is 9.69 Å². The van der Waals surface area contributed by atoms with Crippen LogP contribution in [-0.4, -0.2) is 54.7 Å². The number of amides is 1. The van der Waals surface area contributed by atoms with Crippen molar-refractivity contribution < 1.29 is 13.9 Å². The highest BCUT2D eigenvalue weighted by Crippen LogP contribution is 2.28. The second-order valence-electron chi connectivity index (χ2n) is 7.30. The van der Waals surface area contributed by atoms with Crippen LogP contribution in [0.5, 0.6) is 0 Å². The van der Waals surface area contributed by atoms with E-state index in [2.05, 4.69) is 29.0 Å². The van der Waals surface area contributed by atoms with E-state index in [0.29, 0.717) is 29.6 Å². The van der Waals surface area contributed by atoms with Crippen LogP contribution in [0.15, 0.2) is 24.3 Å². The Labute approximate surface area is 163 Å². The molecule has 3 rings (SSSR count). The molecule has 2 aromatic rings. The largest absolute Gasteiger partial charge is 0.374 e. The third-order valence-corrected chi connectivity index (χ3v) is 5.64. The number of benzene rings is 1. The summed E-state index contributed by atoms with van der Waals surface area (Å²) >= 11 is 1.33. The van der Waals surface area contributed by atoms with Gasteiger partial charge in [-0.25, -0.2) is 9.37 Å². The van der Waals surface area contributed by atoms with E-state index in [4.69, 9.17) is 4.74 Å². The Balaban J connectivity index is 1.59. The molecule has 1 unspecified atom stereocenters. The molecule has 1 aromatic carbocycles. The van der Waals surface area contributed by atoms with Crippen LogP contribution in [0, 0.1) is 18.7 Å². The highest BCUT2D eigenvalue weighted by atomic mass is 32.1. The van der Waals surface area contributed by atoms with Crippen LogP contribution in [-0.2, 0) is 4.74 Å². The molecule has 2 heterocycles. The molecule has 1 saturated heterocycles. The third-order valence-electron chi connectivity index (χ3n) is 4.43. The first-order valence-electron chi connectivity index (χ1n) is 9.28. The fourth-order valence-electron chi connectivity index (χ4n) is 3.20. The lowest BCUT2D eigenvalue weighted by Gasteiger charge is -2.33. The smallest absolute Gasteiger partial charge is 0.263 e. The van der Waals surface area contributed by atoms with Gasteiger partial charge in [-0.05, 0) is 37.1 Å². The van der Waals surface area contributed by atoms with Crippen LogP contribution in [0.3, 0.4) is 0 Å². The van der Waals surface area contributed by atoms with Gasteiger partial charge in [-0.2, -0.15) is 0 Å². The summed E-state index contributed by atoms with van der Waals surface area (Å²) in [6, 6.07) is 6.15. The average Bonchev–Trinajstić information content (AvgIpc) is 3.02. The Morgan fingerprint density at radius 3 is 2.85 bits per heavy atom. The lowest BCUT2D eigenvalue weighted by molar-refractivity contribution is -0.0295. The molecular formula is C20H26FN3O2S. The first-order chi connectivity index (χ1) is 12.9. The second-order valence-corrected chi connectivity index (χ2v) is 8.30. The second kappa shape index (κ2) is 8.91. The highest BCUT2D eigenvalue weighted by molar-refractivity contribution is 7.17. The fourth-order valence-corrected chi connectivity index (χ4v) is 4.18. The van der Waals surface area contributed by atoms with E-state index >= 15 is 0 Å². The minimum atomic E-state index is -0.288. The molecule has 146 valence electrons. The molecular weight excluding hydrogens is 365 g/mol. The van der Waals surface area contributed by atoms with E-state index in [-0.39, 0.29) is 17.8 Å². The van der Waals surface area contributed by atoms with Gasteiger partial charge in [0.25, 0.3) is 5.91 Å².